The van der Waals surface area contributed by atoms with Crippen LogP contribution < -0.4 is 5.32 Å². The maximum Gasteiger partial charge on any atom is 0.252 e. The van der Waals surface area contributed by atoms with Crippen molar-refractivity contribution in [3.05, 3.63) is 44.8 Å². The van der Waals surface area contributed by atoms with Gasteiger partial charge in [0.15, 0.2) is 0 Å². The van der Waals surface area contributed by atoms with Crippen LogP contribution in [0.2, 0.25) is 0 Å². The van der Waals surface area contributed by atoms with Crippen molar-refractivity contribution in [1.82, 2.24) is 10.2 Å². The summed E-state index contributed by atoms with van der Waals surface area (Å²) in [6, 6.07) is 4.48. The summed E-state index contributed by atoms with van der Waals surface area (Å²) in [5.41, 5.74) is 1.88. The van der Waals surface area contributed by atoms with Crippen LogP contribution in [-0.2, 0) is 0 Å². The zero-order valence-electron chi connectivity index (χ0n) is 13.0. The SMILES string of the molecule is CC(C)=CCN1CCC(NC(=O)c2ccc(F)cc2I)CC1. The number of likely N-dealkylation sites (tertiary alicyclic amines) is 1. The number of piperidine rings is 1. The lowest BCUT2D eigenvalue weighted by atomic mass is 10.0. The summed E-state index contributed by atoms with van der Waals surface area (Å²) in [6.45, 7) is 7.19. The number of rotatable bonds is 4. The van der Waals surface area contributed by atoms with E-state index >= 15 is 0 Å². The van der Waals surface area contributed by atoms with E-state index in [4.69, 9.17) is 0 Å². The first-order chi connectivity index (χ1) is 10.5. The van der Waals surface area contributed by atoms with Gasteiger partial charge in [0.2, 0.25) is 0 Å². The largest absolute Gasteiger partial charge is 0.349 e. The molecule has 0 saturated carbocycles. The predicted octanol–water partition coefficient (Wildman–Crippen LogP) is 3.59. The Hall–Kier alpha value is -0.950. The lowest BCUT2D eigenvalue weighted by molar-refractivity contribution is 0.0913. The van der Waals surface area contributed by atoms with Crippen LogP contribution in [-0.4, -0.2) is 36.5 Å². The Balaban J connectivity index is 1.85. The number of hydrogen-bond acceptors (Lipinski definition) is 2. The van der Waals surface area contributed by atoms with Crippen LogP contribution in [0, 0.1) is 9.39 Å². The van der Waals surface area contributed by atoms with Gasteiger partial charge in [0, 0.05) is 29.2 Å². The molecule has 3 nitrogen and oxygen atoms in total. The van der Waals surface area contributed by atoms with Crippen molar-refractivity contribution >= 4 is 28.5 Å². The summed E-state index contributed by atoms with van der Waals surface area (Å²) >= 11 is 2.00. The highest BCUT2D eigenvalue weighted by Gasteiger charge is 2.21. The zero-order valence-corrected chi connectivity index (χ0v) is 15.2. The Morgan fingerprint density at radius 2 is 2.09 bits per heavy atom. The van der Waals surface area contributed by atoms with E-state index in [1.807, 2.05) is 22.6 Å². The van der Waals surface area contributed by atoms with Gasteiger partial charge in [-0.2, -0.15) is 0 Å². The van der Waals surface area contributed by atoms with E-state index in [2.05, 4.69) is 30.1 Å². The van der Waals surface area contributed by atoms with Gasteiger partial charge in [-0.05, 0) is 67.5 Å². The quantitative estimate of drug-likeness (QED) is 0.601. The maximum atomic E-state index is 13.1. The van der Waals surface area contributed by atoms with Crippen LogP contribution in [0.25, 0.3) is 0 Å². The van der Waals surface area contributed by atoms with Crippen molar-refractivity contribution < 1.29 is 9.18 Å². The van der Waals surface area contributed by atoms with Gasteiger partial charge in [0.1, 0.15) is 5.82 Å². The molecule has 1 aliphatic heterocycles. The Kier molecular flexibility index (Phi) is 6.37. The topological polar surface area (TPSA) is 32.3 Å². The molecule has 1 N–H and O–H groups in total. The Morgan fingerprint density at radius 1 is 1.41 bits per heavy atom. The third-order valence-corrected chi connectivity index (χ3v) is 4.75. The van der Waals surface area contributed by atoms with E-state index in [1.54, 1.807) is 6.07 Å². The van der Waals surface area contributed by atoms with Gasteiger partial charge in [0.05, 0.1) is 5.56 Å². The molecule has 0 aromatic heterocycles. The zero-order chi connectivity index (χ0) is 16.1. The Bertz CT molecular complexity index is 562. The number of nitrogens with one attached hydrogen (secondary N) is 1. The van der Waals surface area contributed by atoms with Gasteiger partial charge >= 0.3 is 0 Å². The molecule has 1 fully saturated rings. The first-order valence-electron chi connectivity index (χ1n) is 7.57. The maximum absolute atomic E-state index is 13.1. The van der Waals surface area contributed by atoms with Gasteiger partial charge in [-0.15, -0.1) is 0 Å². The highest BCUT2D eigenvalue weighted by Crippen LogP contribution is 2.16. The highest BCUT2D eigenvalue weighted by atomic mass is 127. The summed E-state index contributed by atoms with van der Waals surface area (Å²) in [4.78, 5) is 14.7. The predicted molar refractivity (Wildman–Crippen MR) is 95.5 cm³/mol. The number of benzene rings is 1. The van der Waals surface area contributed by atoms with Crippen LogP contribution in [0.1, 0.15) is 37.0 Å². The molecule has 1 aromatic carbocycles. The van der Waals surface area contributed by atoms with Gasteiger partial charge in [-0.3, -0.25) is 9.69 Å². The van der Waals surface area contributed by atoms with Crippen molar-refractivity contribution in [2.75, 3.05) is 19.6 Å². The highest BCUT2D eigenvalue weighted by molar-refractivity contribution is 14.1. The van der Waals surface area contributed by atoms with Crippen LogP contribution in [0.4, 0.5) is 4.39 Å². The minimum absolute atomic E-state index is 0.104. The summed E-state index contributed by atoms with van der Waals surface area (Å²) in [5.74, 6) is -0.416. The van der Waals surface area contributed by atoms with Gasteiger partial charge in [-0.1, -0.05) is 11.6 Å². The van der Waals surface area contributed by atoms with Crippen molar-refractivity contribution in [3.63, 3.8) is 0 Å². The summed E-state index contributed by atoms with van der Waals surface area (Å²) in [7, 11) is 0. The third-order valence-electron chi connectivity index (χ3n) is 3.86. The fraction of sp³-hybridized carbons (Fsp3) is 0.471. The molecule has 1 saturated heterocycles. The second-order valence-electron chi connectivity index (χ2n) is 5.95. The fourth-order valence-electron chi connectivity index (χ4n) is 2.51. The van der Waals surface area contributed by atoms with Crippen LogP contribution in [0.15, 0.2) is 29.8 Å². The molecule has 22 heavy (non-hydrogen) atoms. The summed E-state index contributed by atoms with van der Waals surface area (Å²) in [5, 5.41) is 3.07. The minimum atomic E-state index is -0.312. The monoisotopic (exact) mass is 416 g/mol. The lowest BCUT2D eigenvalue weighted by Gasteiger charge is -2.31. The molecule has 120 valence electrons. The third kappa shape index (κ3) is 5.05. The molecule has 1 aliphatic rings. The number of halogens is 2. The van der Waals surface area contributed by atoms with E-state index in [0.29, 0.717) is 9.13 Å². The Labute approximate surface area is 145 Å². The number of allylic oxidation sites excluding steroid dienone is 1. The molecule has 1 heterocycles. The number of nitrogens with zero attached hydrogens (tertiary/aromatic N) is 1. The van der Waals surface area contributed by atoms with Gasteiger partial charge < -0.3 is 5.32 Å². The van der Waals surface area contributed by atoms with Crippen LogP contribution in [0.5, 0.6) is 0 Å². The Morgan fingerprint density at radius 3 is 2.68 bits per heavy atom. The van der Waals surface area contributed by atoms with Crippen molar-refractivity contribution in [3.8, 4) is 0 Å². The second-order valence-corrected chi connectivity index (χ2v) is 7.12. The number of hydrogen-bond donors (Lipinski definition) is 1. The fourth-order valence-corrected chi connectivity index (χ4v) is 3.23. The molecule has 0 spiro atoms. The molecule has 0 atom stereocenters. The number of carbonyl (C=O) groups is 1. The summed E-state index contributed by atoms with van der Waals surface area (Å²) in [6.07, 6.45) is 4.15. The van der Waals surface area contributed by atoms with Crippen molar-refractivity contribution in [2.24, 2.45) is 0 Å². The normalized spacial score (nSPS) is 16.4. The molecule has 2 rings (SSSR count). The standard InChI is InChI=1S/C17H22FIN2O/c1-12(2)5-8-21-9-6-14(7-10-21)20-17(22)15-4-3-13(18)11-16(15)19/h3-5,11,14H,6-10H2,1-2H3,(H,20,22). The van der Waals surface area contributed by atoms with E-state index in [0.717, 1.165) is 32.5 Å². The van der Waals surface area contributed by atoms with Gasteiger partial charge in [-0.25, -0.2) is 4.39 Å². The van der Waals surface area contributed by atoms with E-state index in [-0.39, 0.29) is 17.8 Å². The average molecular weight is 416 g/mol. The summed E-state index contributed by atoms with van der Waals surface area (Å²) < 4.78 is 13.7. The average Bonchev–Trinajstić information content (AvgIpc) is 2.46. The van der Waals surface area contributed by atoms with Crippen molar-refractivity contribution in [2.45, 2.75) is 32.7 Å². The molecule has 0 unspecified atom stereocenters. The van der Waals surface area contributed by atoms with E-state index < -0.39 is 0 Å². The second kappa shape index (κ2) is 8.06. The lowest BCUT2D eigenvalue weighted by Crippen LogP contribution is -2.44. The minimum Gasteiger partial charge on any atom is -0.349 e. The molecule has 5 heteroatoms. The number of amides is 1. The van der Waals surface area contributed by atoms with Crippen LogP contribution >= 0.6 is 22.6 Å². The molecular formula is C17H22FIN2O. The van der Waals surface area contributed by atoms with Gasteiger partial charge in [0.25, 0.3) is 5.91 Å². The smallest absolute Gasteiger partial charge is 0.252 e. The molecule has 1 aromatic rings. The molecule has 0 radical (unpaired) electrons. The molecule has 1 amide bonds. The number of carbonyl (C=O) groups excluding carboxylic acids is 1. The van der Waals surface area contributed by atoms with E-state index in [1.165, 1.54) is 17.7 Å². The van der Waals surface area contributed by atoms with E-state index in [9.17, 15) is 9.18 Å². The first-order valence-corrected chi connectivity index (χ1v) is 8.65. The molecule has 0 bridgehead atoms. The first kappa shape index (κ1) is 17.4. The van der Waals surface area contributed by atoms with Crippen molar-refractivity contribution in [1.29, 1.82) is 0 Å². The van der Waals surface area contributed by atoms with Crippen LogP contribution in [0.3, 0.4) is 0 Å². The molecule has 0 aliphatic carbocycles. The molecular weight excluding hydrogens is 394 g/mol.